The second kappa shape index (κ2) is 8.02. The maximum atomic E-state index is 11.8. The van der Waals surface area contributed by atoms with Crippen LogP contribution in [0, 0.1) is 0 Å². The highest BCUT2D eigenvalue weighted by Crippen LogP contribution is 2.05. The monoisotopic (exact) mass is 262 g/mol. The Kier molecular flexibility index (Phi) is 6.29. The second-order valence-electron chi connectivity index (χ2n) is 3.83. The summed E-state index contributed by atoms with van der Waals surface area (Å²) < 4.78 is 4.83. The fourth-order valence-electron chi connectivity index (χ4n) is 1.40. The fourth-order valence-corrected chi connectivity index (χ4v) is 1.40. The van der Waals surface area contributed by atoms with Crippen LogP contribution in [0.3, 0.4) is 0 Å². The van der Waals surface area contributed by atoms with Crippen molar-refractivity contribution >= 4 is 23.2 Å². The van der Waals surface area contributed by atoms with E-state index in [-0.39, 0.29) is 24.5 Å². The fraction of sp³-hybridized carbons (Fsp3) is 0.357. The largest absolute Gasteiger partial charge is 0.461 e. The van der Waals surface area contributed by atoms with Gasteiger partial charge in [0.25, 0.3) is 0 Å². The molecule has 1 rings (SSSR count). The van der Waals surface area contributed by atoms with Gasteiger partial charge in [0.15, 0.2) is 5.78 Å². The Morgan fingerprint density at radius 3 is 2.47 bits per heavy atom. The third-order valence-corrected chi connectivity index (χ3v) is 2.28. The number of hydrazone groups is 1. The molecule has 0 bridgehead atoms. The molecule has 0 saturated carbocycles. The van der Waals surface area contributed by atoms with Gasteiger partial charge >= 0.3 is 5.97 Å². The van der Waals surface area contributed by atoms with E-state index < -0.39 is 5.97 Å². The summed E-state index contributed by atoms with van der Waals surface area (Å²) in [5.74, 6) is -1.01. The molecular formula is C14H18N2O3. The van der Waals surface area contributed by atoms with Crippen LogP contribution < -0.4 is 5.43 Å². The number of nitrogens with zero attached hydrogens (tertiary/aromatic N) is 1. The zero-order valence-corrected chi connectivity index (χ0v) is 11.2. The molecule has 0 aliphatic carbocycles. The van der Waals surface area contributed by atoms with Crippen LogP contribution in [-0.2, 0) is 14.3 Å². The topological polar surface area (TPSA) is 67.8 Å². The number of Topliss-reactive ketones (excluding diaryl/α,β-unsaturated/α-hetero) is 1. The van der Waals surface area contributed by atoms with Gasteiger partial charge in [-0.05, 0) is 25.5 Å². The number of benzene rings is 1. The first-order valence-electron chi connectivity index (χ1n) is 6.28. The lowest BCUT2D eigenvalue weighted by Gasteiger charge is -2.05. The summed E-state index contributed by atoms with van der Waals surface area (Å²) in [4.78, 5) is 23.5. The van der Waals surface area contributed by atoms with Crippen LogP contribution in [0.1, 0.15) is 26.7 Å². The highest BCUT2D eigenvalue weighted by atomic mass is 16.5. The first kappa shape index (κ1) is 14.9. The van der Waals surface area contributed by atoms with Crippen molar-refractivity contribution in [1.82, 2.24) is 0 Å². The SMILES string of the molecule is CCCC(=O)C(=NNc1ccccc1)C(=O)OCC. The molecular weight excluding hydrogens is 244 g/mol. The minimum atomic E-state index is -0.690. The highest BCUT2D eigenvalue weighted by molar-refractivity contribution is 6.64. The molecule has 1 aromatic carbocycles. The van der Waals surface area contributed by atoms with E-state index in [2.05, 4.69) is 10.5 Å². The Hall–Kier alpha value is -2.17. The van der Waals surface area contributed by atoms with E-state index in [0.29, 0.717) is 12.1 Å². The molecule has 0 fully saturated rings. The second-order valence-corrected chi connectivity index (χ2v) is 3.83. The van der Waals surface area contributed by atoms with Gasteiger partial charge in [-0.1, -0.05) is 25.1 Å². The van der Waals surface area contributed by atoms with E-state index in [4.69, 9.17) is 4.74 Å². The summed E-state index contributed by atoms with van der Waals surface area (Å²) >= 11 is 0. The Morgan fingerprint density at radius 1 is 1.21 bits per heavy atom. The number of rotatable bonds is 7. The third-order valence-electron chi connectivity index (χ3n) is 2.28. The molecule has 0 heterocycles. The first-order chi connectivity index (χ1) is 9.19. The number of ketones is 1. The van der Waals surface area contributed by atoms with E-state index in [9.17, 15) is 9.59 Å². The van der Waals surface area contributed by atoms with Crippen LogP contribution in [0.2, 0.25) is 0 Å². The number of nitrogens with one attached hydrogen (secondary N) is 1. The van der Waals surface area contributed by atoms with Crippen molar-refractivity contribution in [2.45, 2.75) is 26.7 Å². The average Bonchev–Trinajstić information content (AvgIpc) is 2.41. The van der Waals surface area contributed by atoms with Crippen molar-refractivity contribution in [2.75, 3.05) is 12.0 Å². The van der Waals surface area contributed by atoms with E-state index >= 15 is 0 Å². The van der Waals surface area contributed by atoms with Gasteiger partial charge in [0, 0.05) is 6.42 Å². The van der Waals surface area contributed by atoms with Crippen LogP contribution in [-0.4, -0.2) is 24.1 Å². The molecule has 0 spiro atoms. The lowest BCUT2D eigenvalue weighted by atomic mass is 10.1. The molecule has 102 valence electrons. The van der Waals surface area contributed by atoms with Crippen LogP contribution in [0.4, 0.5) is 5.69 Å². The van der Waals surface area contributed by atoms with Crippen molar-refractivity contribution < 1.29 is 14.3 Å². The van der Waals surface area contributed by atoms with Gasteiger partial charge in [-0.25, -0.2) is 4.79 Å². The molecule has 0 saturated heterocycles. The van der Waals surface area contributed by atoms with Crippen LogP contribution in [0.5, 0.6) is 0 Å². The number of para-hydroxylation sites is 1. The Balaban J connectivity index is 2.83. The molecule has 5 heteroatoms. The van der Waals surface area contributed by atoms with E-state index in [1.165, 1.54) is 0 Å². The van der Waals surface area contributed by atoms with Gasteiger partial charge in [-0.3, -0.25) is 10.2 Å². The van der Waals surface area contributed by atoms with E-state index in [1.54, 1.807) is 19.1 Å². The summed E-state index contributed by atoms with van der Waals surface area (Å²) in [6, 6.07) is 9.10. The Bertz CT molecular complexity index is 435. The van der Waals surface area contributed by atoms with Gasteiger partial charge in [0.05, 0.1) is 12.3 Å². The first-order valence-corrected chi connectivity index (χ1v) is 6.28. The van der Waals surface area contributed by atoms with Gasteiger partial charge in [0.1, 0.15) is 0 Å². The van der Waals surface area contributed by atoms with Crippen LogP contribution in [0.15, 0.2) is 35.4 Å². The molecule has 0 atom stereocenters. The number of hydrogen-bond donors (Lipinski definition) is 1. The molecule has 0 radical (unpaired) electrons. The van der Waals surface area contributed by atoms with Gasteiger partial charge in [0.2, 0.25) is 5.71 Å². The molecule has 0 amide bonds. The van der Waals surface area contributed by atoms with Gasteiger partial charge < -0.3 is 4.74 Å². The van der Waals surface area contributed by atoms with E-state index in [1.807, 2.05) is 25.1 Å². The highest BCUT2D eigenvalue weighted by Gasteiger charge is 2.21. The number of esters is 1. The normalized spacial score (nSPS) is 10.9. The summed E-state index contributed by atoms with van der Waals surface area (Å²) in [5.41, 5.74) is 3.20. The zero-order valence-electron chi connectivity index (χ0n) is 11.2. The standard InChI is InChI=1S/C14H18N2O3/c1-3-8-12(17)13(14(18)19-4-2)16-15-11-9-6-5-7-10-11/h5-7,9-10,15H,3-4,8H2,1-2H3. The predicted octanol–water partition coefficient (Wildman–Crippen LogP) is 2.39. The van der Waals surface area contributed by atoms with E-state index in [0.717, 1.165) is 0 Å². The molecule has 0 aliphatic heterocycles. The molecule has 5 nitrogen and oxygen atoms in total. The predicted molar refractivity (Wildman–Crippen MR) is 74.0 cm³/mol. The van der Waals surface area contributed by atoms with Crippen molar-refractivity contribution in [2.24, 2.45) is 5.10 Å². The van der Waals surface area contributed by atoms with Crippen molar-refractivity contribution in [1.29, 1.82) is 0 Å². The number of carbonyl (C=O) groups excluding carboxylic acids is 2. The van der Waals surface area contributed by atoms with Crippen LogP contribution in [0.25, 0.3) is 0 Å². The van der Waals surface area contributed by atoms with Crippen LogP contribution >= 0.6 is 0 Å². The van der Waals surface area contributed by atoms with Gasteiger partial charge in [-0.2, -0.15) is 5.10 Å². The number of ether oxygens (including phenoxy) is 1. The number of anilines is 1. The zero-order chi connectivity index (χ0) is 14.1. The minimum absolute atomic E-state index is 0.187. The van der Waals surface area contributed by atoms with Gasteiger partial charge in [-0.15, -0.1) is 0 Å². The summed E-state index contributed by atoms with van der Waals surface area (Å²) in [7, 11) is 0. The Morgan fingerprint density at radius 2 is 1.89 bits per heavy atom. The van der Waals surface area contributed by atoms with Crippen molar-refractivity contribution in [3.8, 4) is 0 Å². The lowest BCUT2D eigenvalue weighted by Crippen LogP contribution is -2.27. The van der Waals surface area contributed by atoms with Crippen molar-refractivity contribution in [3.05, 3.63) is 30.3 Å². The molecule has 1 aromatic rings. The quantitative estimate of drug-likeness (QED) is 0.354. The molecule has 19 heavy (non-hydrogen) atoms. The molecule has 1 N–H and O–H groups in total. The lowest BCUT2D eigenvalue weighted by molar-refractivity contribution is -0.135. The third kappa shape index (κ3) is 4.91. The number of carbonyl (C=O) groups is 2. The molecule has 0 aromatic heterocycles. The summed E-state index contributed by atoms with van der Waals surface area (Å²) in [5, 5.41) is 3.87. The minimum Gasteiger partial charge on any atom is -0.461 e. The smallest absolute Gasteiger partial charge is 0.362 e. The number of hydrogen-bond acceptors (Lipinski definition) is 5. The summed E-state index contributed by atoms with van der Waals surface area (Å²) in [6.45, 7) is 3.76. The average molecular weight is 262 g/mol. The van der Waals surface area contributed by atoms with Crippen molar-refractivity contribution in [3.63, 3.8) is 0 Å². The maximum Gasteiger partial charge on any atom is 0.362 e. The maximum absolute atomic E-state index is 11.8. The molecule has 0 unspecified atom stereocenters. The molecule has 0 aliphatic rings. The summed E-state index contributed by atoms with van der Waals surface area (Å²) in [6.07, 6.45) is 0.927. The Labute approximate surface area is 112 Å².